The SMILES string of the molecule is O=C(COC(=O)CNC(=O)c1ccc(Cl)cc1)Nc1ccc(Cl)cn1. The first-order valence-electron chi connectivity index (χ1n) is 7.05. The van der Waals surface area contributed by atoms with Gasteiger partial charge in [0.1, 0.15) is 12.4 Å². The number of esters is 1. The van der Waals surface area contributed by atoms with Crippen LogP contribution in [0.5, 0.6) is 0 Å². The number of anilines is 1. The molecule has 2 aromatic rings. The van der Waals surface area contributed by atoms with Crippen LogP contribution >= 0.6 is 23.2 Å². The van der Waals surface area contributed by atoms with Gasteiger partial charge in [-0.25, -0.2) is 4.98 Å². The normalized spacial score (nSPS) is 10.0. The third-order valence-corrected chi connectivity index (χ3v) is 3.33. The van der Waals surface area contributed by atoms with Crippen LogP contribution in [0.1, 0.15) is 10.4 Å². The van der Waals surface area contributed by atoms with Gasteiger partial charge in [-0.15, -0.1) is 0 Å². The van der Waals surface area contributed by atoms with Gasteiger partial charge in [0.2, 0.25) is 0 Å². The van der Waals surface area contributed by atoms with Gasteiger partial charge in [-0.1, -0.05) is 23.2 Å². The van der Waals surface area contributed by atoms with Crippen LogP contribution in [0.15, 0.2) is 42.6 Å². The van der Waals surface area contributed by atoms with Crippen LogP contribution in [0.25, 0.3) is 0 Å². The number of halogens is 2. The highest BCUT2D eigenvalue weighted by molar-refractivity contribution is 6.30. The van der Waals surface area contributed by atoms with Gasteiger partial charge in [0.25, 0.3) is 11.8 Å². The highest BCUT2D eigenvalue weighted by Crippen LogP contribution is 2.10. The Hall–Kier alpha value is -2.64. The summed E-state index contributed by atoms with van der Waals surface area (Å²) in [6.07, 6.45) is 1.37. The summed E-state index contributed by atoms with van der Waals surface area (Å²) >= 11 is 11.4. The van der Waals surface area contributed by atoms with Crippen LogP contribution in [0.4, 0.5) is 5.82 Å². The third-order valence-electron chi connectivity index (χ3n) is 2.86. The van der Waals surface area contributed by atoms with Gasteiger partial charge < -0.3 is 15.4 Å². The van der Waals surface area contributed by atoms with E-state index in [2.05, 4.69) is 15.6 Å². The van der Waals surface area contributed by atoms with E-state index in [1.807, 2.05) is 0 Å². The van der Waals surface area contributed by atoms with E-state index in [9.17, 15) is 14.4 Å². The predicted molar refractivity (Wildman–Crippen MR) is 92.6 cm³/mol. The van der Waals surface area contributed by atoms with Crippen LogP contribution in [-0.2, 0) is 14.3 Å². The van der Waals surface area contributed by atoms with Crippen molar-refractivity contribution >= 4 is 46.8 Å². The summed E-state index contributed by atoms with van der Waals surface area (Å²) in [7, 11) is 0. The molecule has 130 valence electrons. The van der Waals surface area contributed by atoms with E-state index in [-0.39, 0.29) is 12.4 Å². The molecule has 2 rings (SSSR count). The maximum Gasteiger partial charge on any atom is 0.325 e. The smallest absolute Gasteiger partial charge is 0.325 e. The number of hydrogen-bond donors (Lipinski definition) is 2. The second kappa shape index (κ2) is 9.00. The van der Waals surface area contributed by atoms with Gasteiger partial charge in [0, 0.05) is 16.8 Å². The van der Waals surface area contributed by atoms with Crippen molar-refractivity contribution in [2.24, 2.45) is 0 Å². The average Bonchev–Trinajstić information content (AvgIpc) is 2.60. The van der Waals surface area contributed by atoms with E-state index in [0.717, 1.165) is 0 Å². The van der Waals surface area contributed by atoms with E-state index >= 15 is 0 Å². The topological polar surface area (TPSA) is 97.4 Å². The fourth-order valence-corrected chi connectivity index (χ4v) is 1.92. The summed E-state index contributed by atoms with van der Waals surface area (Å²) in [5.74, 6) is -1.49. The number of carbonyl (C=O) groups excluding carboxylic acids is 3. The lowest BCUT2D eigenvalue weighted by molar-refractivity contribution is -0.146. The zero-order valence-corrected chi connectivity index (χ0v) is 14.3. The summed E-state index contributed by atoms with van der Waals surface area (Å²) in [6, 6.07) is 9.23. The lowest BCUT2D eigenvalue weighted by atomic mass is 10.2. The monoisotopic (exact) mass is 381 g/mol. The Morgan fingerprint density at radius 3 is 2.32 bits per heavy atom. The van der Waals surface area contributed by atoms with E-state index in [1.54, 1.807) is 18.2 Å². The molecular weight excluding hydrogens is 369 g/mol. The van der Waals surface area contributed by atoms with E-state index in [4.69, 9.17) is 27.9 Å². The summed E-state index contributed by atoms with van der Waals surface area (Å²) in [5.41, 5.74) is 0.351. The number of nitrogens with zero attached hydrogens (tertiary/aromatic N) is 1. The Morgan fingerprint density at radius 1 is 1.00 bits per heavy atom. The van der Waals surface area contributed by atoms with Crippen molar-refractivity contribution < 1.29 is 19.1 Å². The Balaban J connectivity index is 1.71. The largest absolute Gasteiger partial charge is 0.454 e. The molecule has 0 fully saturated rings. The molecule has 7 nitrogen and oxygen atoms in total. The zero-order chi connectivity index (χ0) is 18.2. The summed E-state index contributed by atoms with van der Waals surface area (Å²) in [6.45, 7) is -0.867. The standard InChI is InChI=1S/C16H13Cl2N3O4/c17-11-3-1-10(2-4-11)16(24)20-8-15(23)25-9-14(22)21-13-6-5-12(18)7-19-13/h1-7H,8-9H2,(H,20,24)(H,19,21,22). The third kappa shape index (κ3) is 6.40. The maximum atomic E-state index is 11.8. The van der Waals surface area contributed by atoms with Crippen molar-refractivity contribution in [2.45, 2.75) is 0 Å². The minimum Gasteiger partial charge on any atom is -0.454 e. The van der Waals surface area contributed by atoms with E-state index in [0.29, 0.717) is 15.6 Å². The second-order valence-corrected chi connectivity index (χ2v) is 5.63. The van der Waals surface area contributed by atoms with Crippen molar-refractivity contribution in [3.63, 3.8) is 0 Å². The molecule has 0 aliphatic rings. The molecule has 1 aromatic heterocycles. The number of benzene rings is 1. The first-order chi connectivity index (χ1) is 11.9. The molecular formula is C16H13Cl2N3O4. The molecule has 2 N–H and O–H groups in total. The first-order valence-corrected chi connectivity index (χ1v) is 7.80. The molecule has 0 aliphatic carbocycles. The lowest BCUT2D eigenvalue weighted by Crippen LogP contribution is -2.32. The molecule has 0 atom stereocenters. The van der Waals surface area contributed by atoms with Gasteiger partial charge in [-0.05, 0) is 36.4 Å². The maximum absolute atomic E-state index is 11.8. The van der Waals surface area contributed by atoms with Crippen molar-refractivity contribution in [2.75, 3.05) is 18.5 Å². The summed E-state index contributed by atoms with van der Waals surface area (Å²) < 4.78 is 4.76. The molecule has 9 heteroatoms. The van der Waals surface area contributed by atoms with Crippen LogP contribution in [0, 0.1) is 0 Å². The minimum atomic E-state index is -0.749. The Kier molecular flexibility index (Phi) is 6.73. The second-order valence-electron chi connectivity index (χ2n) is 4.76. The average molecular weight is 382 g/mol. The molecule has 2 amide bonds. The fraction of sp³-hybridized carbons (Fsp3) is 0.125. The minimum absolute atomic E-state index is 0.279. The predicted octanol–water partition coefficient (Wildman–Crippen LogP) is 2.30. The quantitative estimate of drug-likeness (QED) is 0.748. The van der Waals surface area contributed by atoms with Crippen LogP contribution in [0.2, 0.25) is 10.0 Å². The molecule has 1 heterocycles. The van der Waals surface area contributed by atoms with Gasteiger partial charge >= 0.3 is 5.97 Å². The van der Waals surface area contributed by atoms with Crippen molar-refractivity contribution in [3.05, 3.63) is 58.2 Å². The van der Waals surface area contributed by atoms with Crippen molar-refractivity contribution in [3.8, 4) is 0 Å². The molecule has 25 heavy (non-hydrogen) atoms. The van der Waals surface area contributed by atoms with Gasteiger partial charge in [-0.2, -0.15) is 0 Å². The number of nitrogens with one attached hydrogen (secondary N) is 2. The van der Waals surface area contributed by atoms with Crippen molar-refractivity contribution in [1.82, 2.24) is 10.3 Å². The Labute approximate surface area is 153 Å². The lowest BCUT2D eigenvalue weighted by Gasteiger charge is -2.07. The molecule has 0 spiro atoms. The molecule has 0 aliphatic heterocycles. The highest BCUT2D eigenvalue weighted by Gasteiger charge is 2.11. The number of aromatic nitrogens is 1. The van der Waals surface area contributed by atoms with Gasteiger partial charge in [0.05, 0.1) is 5.02 Å². The van der Waals surface area contributed by atoms with Gasteiger partial charge in [-0.3, -0.25) is 14.4 Å². The highest BCUT2D eigenvalue weighted by atomic mass is 35.5. The van der Waals surface area contributed by atoms with Crippen LogP contribution in [-0.4, -0.2) is 35.9 Å². The molecule has 0 radical (unpaired) electrons. The number of carbonyl (C=O) groups is 3. The number of hydrogen-bond acceptors (Lipinski definition) is 5. The van der Waals surface area contributed by atoms with Gasteiger partial charge in [0.15, 0.2) is 6.61 Å². The van der Waals surface area contributed by atoms with Crippen molar-refractivity contribution in [1.29, 1.82) is 0 Å². The first kappa shape index (κ1) is 18.7. The molecule has 0 saturated heterocycles. The molecule has 0 bridgehead atoms. The Morgan fingerprint density at radius 2 is 1.68 bits per heavy atom. The zero-order valence-electron chi connectivity index (χ0n) is 12.8. The van der Waals surface area contributed by atoms with Crippen LogP contribution in [0.3, 0.4) is 0 Å². The van der Waals surface area contributed by atoms with E-state index in [1.165, 1.54) is 24.4 Å². The molecule has 0 unspecified atom stereocenters. The Bertz CT molecular complexity index is 764. The van der Waals surface area contributed by atoms with Crippen LogP contribution < -0.4 is 10.6 Å². The number of amides is 2. The molecule has 1 aromatic carbocycles. The number of rotatable bonds is 6. The summed E-state index contributed by atoms with van der Waals surface area (Å²) in [4.78, 5) is 38.9. The van der Waals surface area contributed by atoms with E-state index < -0.39 is 24.4 Å². The number of ether oxygens (including phenoxy) is 1. The number of pyridine rings is 1. The molecule has 0 saturated carbocycles. The fourth-order valence-electron chi connectivity index (χ4n) is 1.68. The summed E-state index contributed by atoms with van der Waals surface area (Å²) in [5, 5.41) is 5.75.